The zero-order valence-electron chi connectivity index (χ0n) is 25.0. The van der Waals surface area contributed by atoms with E-state index >= 15 is 0 Å². The number of aryl methyl sites for hydroxylation is 2. The van der Waals surface area contributed by atoms with Crippen molar-refractivity contribution in [2.24, 2.45) is 24.8 Å². The Balaban J connectivity index is 1.85. The van der Waals surface area contributed by atoms with Crippen LogP contribution in [0.2, 0.25) is 18.1 Å². The SMILES string of the molecule is Cc1ccc(C2CCCCC2)cc1-c1c2ccc([Si](CC(C)C)(CC(C)C)CC(C)C)cc2cc[n+]1C. The maximum Gasteiger partial charge on any atom is 0.220 e. The van der Waals surface area contributed by atoms with Crippen LogP contribution in [0.15, 0.2) is 48.7 Å². The summed E-state index contributed by atoms with van der Waals surface area (Å²) in [5, 5.41) is 4.50. The van der Waals surface area contributed by atoms with E-state index in [-0.39, 0.29) is 0 Å². The third kappa shape index (κ3) is 6.39. The summed E-state index contributed by atoms with van der Waals surface area (Å²) in [7, 11) is 0.589. The number of rotatable bonds is 9. The summed E-state index contributed by atoms with van der Waals surface area (Å²) in [6.45, 7) is 16.9. The Hall–Kier alpha value is -1.93. The van der Waals surface area contributed by atoms with Crippen LogP contribution < -0.4 is 9.75 Å². The van der Waals surface area contributed by atoms with Gasteiger partial charge >= 0.3 is 0 Å². The molecule has 37 heavy (non-hydrogen) atoms. The Morgan fingerprint density at radius 3 is 2.00 bits per heavy atom. The topological polar surface area (TPSA) is 3.88 Å². The molecule has 2 heteroatoms. The van der Waals surface area contributed by atoms with Crippen molar-refractivity contribution in [1.29, 1.82) is 0 Å². The zero-order chi connectivity index (χ0) is 26.7. The first-order chi connectivity index (χ1) is 17.6. The molecule has 1 nitrogen and oxygen atoms in total. The summed E-state index contributed by atoms with van der Waals surface area (Å²) in [6, 6.07) is 21.5. The Labute approximate surface area is 228 Å². The van der Waals surface area contributed by atoms with Gasteiger partial charge in [0.05, 0.1) is 13.5 Å². The summed E-state index contributed by atoms with van der Waals surface area (Å²) in [4.78, 5) is 0. The standard InChI is InChI=1S/C35H52NSi/c1-25(2)22-37(23-26(3)4,24-27(5)6)32-16-17-33-31(20-32)18-19-36(8)35(33)34-21-30(15-14-28(34)7)29-12-10-9-11-13-29/h14-21,25-27,29H,9-13,22-24H2,1-8H3/q+1. The molecular weight excluding hydrogens is 462 g/mol. The molecule has 0 atom stereocenters. The number of hydrogen-bond acceptors (Lipinski definition) is 0. The molecule has 0 N–H and O–H groups in total. The fraction of sp³-hybridized carbons (Fsp3) is 0.571. The van der Waals surface area contributed by atoms with Gasteiger partial charge in [-0.25, -0.2) is 4.57 Å². The first-order valence-corrected chi connectivity index (χ1v) is 17.8. The zero-order valence-corrected chi connectivity index (χ0v) is 26.0. The van der Waals surface area contributed by atoms with Gasteiger partial charge in [-0.3, -0.25) is 0 Å². The first kappa shape index (κ1) is 28.1. The molecule has 0 saturated heterocycles. The second kappa shape index (κ2) is 11.8. The quantitative estimate of drug-likeness (QED) is 0.198. The van der Waals surface area contributed by atoms with Crippen LogP contribution in [0.3, 0.4) is 0 Å². The molecule has 1 heterocycles. The molecule has 0 amide bonds. The second-order valence-corrected chi connectivity index (χ2v) is 17.9. The highest BCUT2D eigenvalue weighted by Gasteiger charge is 2.37. The predicted molar refractivity (Wildman–Crippen MR) is 165 cm³/mol. The lowest BCUT2D eigenvalue weighted by Gasteiger charge is -2.37. The van der Waals surface area contributed by atoms with E-state index in [1.807, 2.05) is 0 Å². The lowest BCUT2D eigenvalue weighted by atomic mass is 9.82. The van der Waals surface area contributed by atoms with Crippen LogP contribution in [0.4, 0.5) is 0 Å². The number of pyridine rings is 1. The minimum Gasteiger partial charge on any atom is -0.200 e. The molecule has 1 fully saturated rings. The van der Waals surface area contributed by atoms with Crippen LogP contribution in [-0.4, -0.2) is 8.07 Å². The van der Waals surface area contributed by atoms with Crippen molar-refractivity contribution in [1.82, 2.24) is 0 Å². The lowest BCUT2D eigenvalue weighted by molar-refractivity contribution is -0.659. The minimum atomic E-state index is -1.64. The van der Waals surface area contributed by atoms with Gasteiger partial charge in [0.1, 0.15) is 7.05 Å². The molecule has 200 valence electrons. The molecular formula is C35H52NSi+. The van der Waals surface area contributed by atoms with Crippen molar-refractivity contribution in [2.75, 3.05) is 0 Å². The summed E-state index contributed by atoms with van der Waals surface area (Å²) in [5.74, 6) is 2.97. The largest absolute Gasteiger partial charge is 0.220 e. The van der Waals surface area contributed by atoms with E-state index in [0.717, 1.165) is 23.7 Å². The molecule has 1 aromatic heterocycles. The van der Waals surface area contributed by atoms with Gasteiger partial charge in [0, 0.05) is 11.6 Å². The normalized spacial score (nSPS) is 15.4. The van der Waals surface area contributed by atoms with Gasteiger partial charge < -0.3 is 0 Å². The molecule has 1 aliphatic rings. The maximum atomic E-state index is 2.61. The Bertz CT molecular complexity index is 1170. The molecule has 3 aromatic rings. The van der Waals surface area contributed by atoms with Gasteiger partial charge in [-0.15, -0.1) is 0 Å². The lowest BCUT2D eigenvalue weighted by Crippen LogP contribution is -2.50. The molecule has 1 saturated carbocycles. The smallest absolute Gasteiger partial charge is 0.200 e. The van der Waals surface area contributed by atoms with Crippen LogP contribution in [0.5, 0.6) is 0 Å². The van der Waals surface area contributed by atoms with Crippen molar-refractivity contribution < 1.29 is 4.57 Å². The Kier molecular flexibility index (Phi) is 8.99. The van der Waals surface area contributed by atoms with Crippen molar-refractivity contribution in [3.8, 4) is 11.3 Å². The number of nitrogens with zero attached hydrogens (tertiary/aromatic N) is 1. The van der Waals surface area contributed by atoms with Crippen LogP contribution in [0.25, 0.3) is 22.0 Å². The summed E-state index contributed by atoms with van der Waals surface area (Å²) >= 11 is 0. The van der Waals surface area contributed by atoms with Gasteiger partial charge in [0.25, 0.3) is 0 Å². The van der Waals surface area contributed by atoms with E-state index in [4.69, 9.17) is 0 Å². The van der Waals surface area contributed by atoms with E-state index in [0.29, 0.717) is 0 Å². The number of fused-ring (bicyclic) bond motifs is 1. The molecule has 1 aliphatic carbocycles. The van der Waals surface area contributed by atoms with Crippen LogP contribution >= 0.6 is 0 Å². The van der Waals surface area contributed by atoms with Crippen molar-refractivity contribution in [3.63, 3.8) is 0 Å². The average Bonchev–Trinajstić information content (AvgIpc) is 2.83. The summed E-state index contributed by atoms with van der Waals surface area (Å²) in [5.41, 5.74) is 5.73. The highest BCUT2D eigenvalue weighted by atomic mass is 28.3. The molecule has 0 spiro atoms. The highest BCUT2D eigenvalue weighted by Crippen LogP contribution is 2.37. The van der Waals surface area contributed by atoms with Crippen LogP contribution in [0.1, 0.15) is 90.7 Å². The third-order valence-electron chi connectivity index (χ3n) is 8.74. The van der Waals surface area contributed by atoms with E-state index in [1.165, 1.54) is 77.8 Å². The Morgan fingerprint density at radius 2 is 1.41 bits per heavy atom. The molecule has 2 aromatic carbocycles. The molecule has 0 radical (unpaired) electrons. The van der Waals surface area contributed by atoms with E-state index < -0.39 is 8.07 Å². The maximum absolute atomic E-state index is 2.61. The first-order valence-electron chi connectivity index (χ1n) is 15.1. The van der Waals surface area contributed by atoms with Crippen molar-refractivity contribution >= 4 is 24.0 Å². The van der Waals surface area contributed by atoms with Gasteiger partial charge in [0.15, 0.2) is 6.20 Å². The van der Waals surface area contributed by atoms with Gasteiger partial charge in [0.2, 0.25) is 5.69 Å². The molecule has 0 bridgehead atoms. The average molecular weight is 515 g/mol. The van der Waals surface area contributed by atoms with Crippen LogP contribution in [0, 0.1) is 24.7 Å². The van der Waals surface area contributed by atoms with Gasteiger partial charge in [-0.1, -0.05) is 108 Å². The number of hydrogen-bond donors (Lipinski definition) is 0. The van der Waals surface area contributed by atoms with Crippen LogP contribution in [-0.2, 0) is 7.05 Å². The third-order valence-corrected chi connectivity index (χ3v) is 15.1. The van der Waals surface area contributed by atoms with Gasteiger partial charge in [-0.2, -0.15) is 0 Å². The molecule has 4 rings (SSSR count). The second-order valence-electron chi connectivity index (χ2n) is 13.6. The van der Waals surface area contributed by atoms with E-state index in [2.05, 4.69) is 109 Å². The molecule has 0 aliphatic heterocycles. The Morgan fingerprint density at radius 1 is 0.784 bits per heavy atom. The summed E-state index contributed by atoms with van der Waals surface area (Å²) in [6.07, 6.45) is 9.17. The number of aromatic nitrogens is 1. The van der Waals surface area contributed by atoms with Crippen molar-refractivity contribution in [2.45, 2.75) is 105 Å². The fourth-order valence-corrected chi connectivity index (χ4v) is 14.4. The van der Waals surface area contributed by atoms with E-state index in [1.54, 1.807) is 10.8 Å². The van der Waals surface area contributed by atoms with Crippen molar-refractivity contribution in [3.05, 3.63) is 59.8 Å². The monoisotopic (exact) mass is 514 g/mol. The fourth-order valence-electron chi connectivity index (χ4n) is 7.57. The van der Waals surface area contributed by atoms with E-state index in [9.17, 15) is 0 Å². The minimum absolute atomic E-state index is 0.731. The highest BCUT2D eigenvalue weighted by molar-refractivity contribution is 6.92. The predicted octanol–water partition coefficient (Wildman–Crippen LogP) is 9.31. The summed E-state index contributed by atoms with van der Waals surface area (Å²) < 4.78 is 2.36. The number of benzene rings is 2. The molecule has 0 unspecified atom stereocenters. The van der Waals surface area contributed by atoms with Gasteiger partial charge in [-0.05, 0) is 72.1 Å².